The number of H-pyrrole nitrogens is 1. The summed E-state index contributed by atoms with van der Waals surface area (Å²) in [6, 6.07) is 10.9. The van der Waals surface area contributed by atoms with Crippen molar-refractivity contribution in [1.82, 2.24) is 9.97 Å². The second-order valence-corrected chi connectivity index (χ2v) is 4.40. The second-order valence-electron chi connectivity index (χ2n) is 4.04. The average molecular weight is 272 g/mol. The summed E-state index contributed by atoms with van der Waals surface area (Å²) >= 11 is 5.92. The summed E-state index contributed by atoms with van der Waals surface area (Å²) in [6.45, 7) is 0. The Kier molecular flexibility index (Phi) is 2.93. The predicted octanol–water partition coefficient (Wildman–Crippen LogP) is 3.47. The molecule has 1 amide bonds. The SMILES string of the molecule is O=C(Nc1cccnc1Cl)c1cccc2cc[nH]c12. The van der Waals surface area contributed by atoms with Gasteiger partial charge < -0.3 is 10.3 Å². The Morgan fingerprint density at radius 1 is 1.21 bits per heavy atom. The zero-order valence-corrected chi connectivity index (χ0v) is 10.6. The van der Waals surface area contributed by atoms with Gasteiger partial charge in [-0.2, -0.15) is 0 Å². The number of pyridine rings is 1. The molecular weight excluding hydrogens is 262 g/mol. The average Bonchev–Trinajstić information content (AvgIpc) is 2.89. The Morgan fingerprint density at radius 3 is 2.95 bits per heavy atom. The Bertz CT molecular complexity index is 751. The molecule has 4 nitrogen and oxygen atoms in total. The molecule has 2 aromatic heterocycles. The number of nitrogens with zero attached hydrogens (tertiary/aromatic N) is 1. The van der Waals surface area contributed by atoms with Gasteiger partial charge in [0.25, 0.3) is 5.91 Å². The lowest BCUT2D eigenvalue weighted by molar-refractivity contribution is 0.102. The highest BCUT2D eigenvalue weighted by Gasteiger charge is 2.12. The number of anilines is 1. The van der Waals surface area contributed by atoms with Crippen LogP contribution in [0.2, 0.25) is 5.15 Å². The van der Waals surface area contributed by atoms with Crippen LogP contribution in [-0.2, 0) is 0 Å². The van der Waals surface area contributed by atoms with Crippen LogP contribution in [0.25, 0.3) is 10.9 Å². The van der Waals surface area contributed by atoms with Crippen LogP contribution >= 0.6 is 11.6 Å². The predicted molar refractivity (Wildman–Crippen MR) is 75.5 cm³/mol. The zero-order valence-electron chi connectivity index (χ0n) is 9.85. The van der Waals surface area contributed by atoms with Gasteiger partial charge in [0, 0.05) is 17.8 Å². The molecule has 2 heterocycles. The molecule has 3 rings (SSSR count). The molecule has 0 aliphatic heterocycles. The molecule has 2 N–H and O–H groups in total. The molecule has 0 atom stereocenters. The minimum absolute atomic E-state index is 0.219. The highest BCUT2D eigenvalue weighted by molar-refractivity contribution is 6.32. The third kappa shape index (κ3) is 2.18. The van der Waals surface area contributed by atoms with Crippen LogP contribution in [0.4, 0.5) is 5.69 Å². The maximum Gasteiger partial charge on any atom is 0.257 e. The van der Waals surface area contributed by atoms with Crippen LogP contribution in [0.15, 0.2) is 48.8 Å². The Labute approximate surface area is 114 Å². The van der Waals surface area contributed by atoms with E-state index >= 15 is 0 Å². The van der Waals surface area contributed by atoms with Crippen LogP contribution in [-0.4, -0.2) is 15.9 Å². The van der Waals surface area contributed by atoms with Crippen LogP contribution in [0.5, 0.6) is 0 Å². The molecule has 94 valence electrons. The Morgan fingerprint density at radius 2 is 2.11 bits per heavy atom. The number of aromatic nitrogens is 2. The van der Waals surface area contributed by atoms with Gasteiger partial charge in [-0.3, -0.25) is 4.79 Å². The smallest absolute Gasteiger partial charge is 0.257 e. The van der Waals surface area contributed by atoms with Crippen LogP contribution in [0, 0.1) is 0 Å². The largest absolute Gasteiger partial charge is 0.361 e. The van der Waals surface area contributed by atoms with Crippen molar-refractivity contribution >= 4 is 34.1 Å². The van der Waals surface area contributed by atoms with E-state index in [0.29, 0.717) is 11.3 Å². The minimum Gasteiger partial charge on any atom is -0.361 e. The van der Waals surface area contributed by atoms with Gasteiger partial charge in [-0.1, -0.05) is 23.7 Å². The van der Waals surface area contributed by atoms with Crippen molar-refractivity contribution in [2.75, 3.05) is 5.32 Å². The third-order valence-electron chi connectivity index (χ3n) is 2.84. The topological polar surface area (TPSA) is 57.8 Å². The molecule has 1 aromatic carbocycles. The van der Waals surface area contributed by atoms with Gasteiger partial charge in [0.05, 0.1) is 16.8 Å². The van der Waals surface area contributed by atoms with E-state index in [0.717, 1.165) is 10.9 Å². The van der Waals surface area contributed by atoms with E-state index < -0.39 is 0 Å². The van der Waals surface area contributed by atoms with Gasteiger partial charge in [0.15, 0.2) is 5.15 Å². The van der Waals surface area contributed by atoms with Crippen molar-refractivity contribution in [2.45, 2.75) is 0 Å². The Hall–Kier alpha value is -2.33. The van der Waals surface area contributed by atoms with Crippen molar-refractivity contribution in [3.8, 4) is 0 Å². The molecule has 0 unspecified atom stereocenters. The number of para-hydroxylation sites is 1. The lowest BCUT2D eigenvalue weighted by Gasteiger charge is -2.07. The summed E-state index contributed by atoms with van der Waals surface area (Å²) in [5, 5.41) is 4.02. The summed E-state index contributed by atoms with van der Waals surface area (Å²) in [6.07, 6.45) is 3.38. The molecule has 19 heavy (non-hydrogen) atoms. The maximum absolute atomic E-state index is 12.3. The van der Waals surface area contributed by atoms with E-state index in [9.17, 15) is 4.79 Å². The van der Waals surface area contributed by atoms with E-state index in [4.69, 9.17) is 11.6 Å². The third-order valence-corrected chi connectivity index (χ3v) is 3.14. The molecule has 0 fully saturated rings. The fraction of sp³-hybridized carbons (Fsp3) is 0. The van der Waals surface area contributed by atoms with Crippen molar-refractivity contribution in [2.24, 2.45) is 0 Å². The molecule has 0 radical (unpaired) electrons. The first kappa shape index (κ1) is 11.7. The number of fused-ring (bicyclic) bond motifs is 1. The van der Waals surface area contributed by atoms with Gasteiger partial charge >= 0.3 is 0 Å². The number of hydrogen-bond donors (Lipinski definition) is 2. The number of nitrogens with one attached hydrogen (secondary N) is 2. The lowest BCUT2D eigenvalue weighted by Crippen LogP contribution is -2.13. The molecule has 5 heteroatoms. The van der Waals surface area contributed by atoms with Crippen molar-refractivity contribution < 1.29 is 4.79 Å². The molecule has 0 spiro atoms. The monoisotopic (exact) mass is 271 g/mol. The van der Waals surface area contributed by atoms with E-state index in [2.05, 4.69) is 15.3 Å². The molecule has 0 saturated carbocycles. The van der Waals surface area contributed by atoms with Crippen molar-refractivity contribution in [1.29, 1.82) is 0 Å². The van der Waals surface area contributed by atoms with Gasteiger partial charge in [-0.25, -0.2) is 4.98 Å². The summed E-state index contributed by atoms with van der Waals surface area (Å²) in [7, 11) is 0. The first-order valence-corrected chi connectivity index (χ1v) is 6.11. The summed E-state index contributed by atoms with van der Waals surface area (Å²) in [5.41, 5.74) is 1.88. The number of rotatable bonds is 2. The summed E-state index contributed by atoms with van der Waals surface area (Å²) in [4.78, 5) is 19.2. The number of carbonyl (C=O) groups is 1. The van der Waals surface area contributed by atoms with Gasteiger partial charge in [0.1, 0.15) is 0 Å². The fourth-order valence-corrected chi connectivity index (χ4v) is 2.11. The number of aromatic amines is 1. The number of halogens is 1. The first-order chi connectivity index (χ1) is 9.25. The Balaban J connectivity index is 1.97. The highest BCUT2D eigenvalue weighted by Crippen LogP contribution is 2.21. The number of carbonyl (C=O) groups excluding carboxylic acids is 1. The molecule has 3 aromatic rings. The van der Waals surface area contributed by atoms with Crippen LogP contribution in [0.1, 0.15) is 10.4 Å². The van der Waals surface area contributed by atoms with Gasteiger partial charge in [-0.05, 0) is 24.3 Å². The fourth-order valence-electron chi connectivity index (χ4n) is 1.94. The van der Waals surface area contributed by atoms with E-state index in [1.807, 2.05) is 18.2 Å². The lowest BCUT2D eigenvalue weighted by atomic mass is 10.1. The standard InChI is InChI=1S/C14H10ClN3O/c15-13-11(5-2-7-17-13)18-14(19)10-4-1-3-9-6-8-16-12(9)10/h1-8,16H,(H,18,19). The normalized spacial score (nSPS) is 10.6. The molecule has 0 bridgehead atoms. The zero-order chi connectivity index (χ0) is 13.2. The summed E-state index contributed by atoms with van der Waals surface area (Å²) < 4.78 is 0. The van der Waals surface area contributed by atoms with Crippen molar-refractivity contribution in [3.05, 3.63) is 59.5 Å². The number of hydrogen-bond acceptors (Lipinski definition) is 2. The second kappa shape index (κ2) is 4.74. The highest BCUT2D eigenvalue weighted by atomic mass is 35.5. The van der Waals surface area contributed by atoms with Crippen molar-refractivity contribution in [3.63, 3.8) is 0 Å². The maximum atomic E-state index is 12.3. The number of amides is 1. The van der Waals surface area contributed by atoms with E-state index in [1.165, 1.54) is 0 Å². The van der Waals surface area contributed by atoms with Gasteiger partial charge in [0.2, 0.25) is 0 Å². The van der Waals surface area contributed by atoms with Crippen LogP contribution in [0.3, 0.4) is 0 Å². The minimum atomic E-state index is -0.219. The number of benzene rings is 1. The summed E-state index contributed by atoms with van der Waals surface area (Å²) in [5.74, 6) is -0.219. The molecule has 0 saturated heterocycles. The van der Waals surface area contributed by atoms with Gasteiger partial charge in [-0.15, -0.1) is 0 Å². The molecular formula is C14H10ClN3O. The molecule has 0 aliphatic rings. The molecule has 0 aliphatic carbocycles. The van der Waals surface area contributed by atoms with Crippen LogP contribution < -0.4 is 5.32 Å². The quantitative estimate of drug-likeness (QED) is 0.701. The van der Waals surface area contributed by atoms with E-state index in [1.54, 1.807) is 30.6 Å². The van der Waals surface area contributed by atoms with E-state index in [-0.39, 0.29) is 11.1 Å². The first-order valence-electron chi connectivity index (χ1n) is 5.73.